The number of ether oxygens (including phenoxy) is 2. The number of rotatable bonds is 71. The third kappa shape index (κ3) is 83.0. The summed E-state index contributed by atoms with van der Waals surface area (Å²) < 4.78 is 34.4. The lowest BCUT2D eigenvalue weighted by Gasteiger charge is -2.28. The first-order valence-electron chi connectivity index (χ1n) is 40.1. The van der Waals surface area contributed by atoms with Gasteiger partial charge >= 0.3 is 11.9 Å². The van der Waals surface area contributed by atoms with E-state index in [0.29, 0.717) is 23.9 Å². The van der Waals surface area contributed by atoms with Gasteiger partial charge in [-0.15, -0.1) is 0 Å². The summed E-state index contributed by atoms with van der Waals surface area (Å²) in [4.78, 5) is 38.2. The lowest BCUT2D eigenvalue weighted by molar-refractivity contribution is -0.870. The predicted octanol–water partition coefficient (Wildman–Crippen LogP) is 26.6. The maximum Gasteiger partial charge on any atom is 0.306 e. The van der Waals surface area contributed by atoms with Gasteiger partial charge in [-0.1, -0.05) is 341 Å². The van der Waals surface area contributed by atoms with Crippen LogP contribution < -0.4 is 4.89 Å². The highest BCUT2D eigenvalue weighted by molar-refractivity contribution is 7.45. The van der Waals surface area contributed by atoms with E-state index in [4.69, 9.17) is 18.5 Å². The van der Waals surface area contributed by atoms with Gasteiger partial charge in [0.15, 0.2) is 6.10 Å². The second-order valence-corrected chi connectivity index (χ2v) is 28.4. The first-order valence-corrected chi connectivity index (χ1v) is 41.6. The summed E-state index contributed by atoms with van der Waals surface area (Å²) in [6.07, 6.45) is 127. The van der Waals surface area contributed by atoms with Gasteiger partial charge in [-0.05, 0) is 161 Å². The van der Waals surface area contributed by atoms with Crippen LogP contribution in [0.5, 0.6) is 0 Å². The molecule has 0 heterocycles. The summed E-state index contributed by atoms with van der Waals surface area (Å²) in [5.74, 6) is -0.858. The molecule has 2 atom stereocenters. The lowest BCUT2D eigenvalue weighted by atomic mass is 10.0. The number of hydrogen-bond donors (Lipinski definition) is 0. The number of carbonyl (C=O) groups excluding carboxylic acids is 2. The van der Waals surface area contributed by atoms with Crippen LogP contribution >= 0.6 is 7.82 Å². The number of allylic oxidation sites excluding steroid dienone is 38. The molecule has 102 heavy (non-hydrogen) atoms. The zero-order valence-corrected chi connectivity index (χ0v) is 66.1. The van der Waals surface area contributed by atoms with Gasteiger partial charge < -0.3 is 27.9 Å². The van der Waals surface area contributed by atoms with Crippen molar-refractivity contribution < 1.29 is 42.1 Å². The number of phosphoric acid groups is 1. The average molecular weight is 1430 g/mol. The van der Waals surface area contributed by atoms with Gasteiger partial charge in [-0.3, -0.25) is 14.2 Å². The molecule has 0 aromatic rings. The van der Waals surface area contributed by atoms with E-state index in [0.717, 1.165) is 173 Å². The number of quaternary nitrogens is 1. The molecule has 572 valence electrons. The van der Waals surface area contributed by atoms with E-state index in [2.05, 4.69) is 245 Å². The van der Waals surface area contributed by atoms with E-state index in [1.165, 1.54) is 70.6 Å². The molecule has 0 aliphatic carbocycles. The first-order chi connectivity index (χ1) is 50.0. The molecular weight excluding hydrogens is 1280 g/mol. The quantitative estimate of drug-likeness (QED) is 0.0195. The fourth-order valence-corrected chi connectivity index (χ4v) is 10.9. The molecule has 9 nitrogen and oxygen atoms in total. The fourth-order valence-electron chi connectivity index (χ4n) is 10.1. The minimum Gasteiger partial charge on any atom is -0.756 e. The maximum atomic E-state index is 12.9. The Labute approximate surface area is 626 Å². The van der Waals surface area contributed by atoms with Crippen LogP contribution in [0.3, 0.4) is 0 Å². The Bertz CT molecular complexity index is 2580. The molecule has 0 aliphatic rings. The molecule has 0 aliphatic heterocycles. The Morgan fingerprint density at radius 2 is 0.529 bits per heavy atom. The highest BCUT2D eigenvalue weighted by Gasteiger charge is 2.22. The van der Waals surface area contributed by atoms with Gasteiger partial charge in [0.05, 0.1) is 27.7 Å². The van der Waals surface area contributed by atoms with Crippen molar-refractivity contribution in [2.45, 2.75) is 290 Å². The molecule has 0 saturated carbocycles. The number of unbranched alkanes of at least 4 members (excludes halogenated alkanes) is 19. The van der Waals surface area contributed by atoms with Crippen LogP contribution in [0.1, 0.15) is 284 Å². The largest absolute Gasteiger partial charge is 0.756 e. The Morgan fingerprint density at radius 3 is 0.784 bits per heavy atom. The second kappa shape index (κ2) is 79.2. The Morgan fingerprint density at radius 1 is 0.304 bits per heavy atom. The van der Waals surface area contributed by atoms with E-state index < -0.39 is 32.5 Å². The number of carbonyl (C=O) groups is 2. The Kier molecular flexibility index (Phi) is 74.6. The second-order valence-electron chi connectivity index (χ2n) is 27.0. The molecule has 0 N–H and O–H groups in total. The summed E-state index contributed by atoms with van der Waals surface area (Å²) >= 11 is 0. The van der Waals surface area contributed by atoms with Gasteiger partial charge in [0.25, 0.3) is 7.82 Å². The SMILES string of the molecule is CC/C=C\C/C=C\C/C=C\C/C=C\C/C=C\C/C=C\C/C=C\C/C=C\C/C=C\C/C=C\CCCCCCCCCCCCC(=O)OC(COC(=O)CCCCCCCCCCC/C=C\C/C=C\C/C=C\C/C=C\C/C=C\C/C=C\C/C=C\C/C=C\C/C=C\CC)COP(=O)([O-])OCC[N+](C)(C)C. The van der Waals surface area contributed by atoms with Crippen LogP contribution in [-0.2, 0) is 32.7 Å². The minimum absolute atomic E-state index is 0.0440. The molecule has 0 aromatic heterocycles. The molecule has 0 spiro atoms. The number of likely N-dealkylation sites (N-methyl/N-ethyl adjacent to an activating group) is 1. The van der Waals surface area contributed by atoms with Crippen molar-refractivity contribution in [2.24, 2.45) is 0 Å². The summed E-state index contributed by atoms with van der Waals surface area (Å²) in [5, 5.41) is 0. The fraction of sp³-hybridized carbons (Fsp3) is 0.565. The molecule has 0 amide bonds. The molecule has 0 aromatic carbocycles. The summed E-state index contributed by atoms with van der Waals surface area (Å²) in [5.41, 5.74) is 0. The van der Waals surface area contributed by atoms with Crippen LogP contribution in [-0.4, -0.2) is 70.0 Å². The van der Waals surface area contributed by atoms with Crippen LogP contribution in [0.25, 0.3) is 0 Å². The zero-order chi connectivity index (χ0) is 74.0. The Balaban J connectivity index is 4.11. The van der Waals surface area contributed by atoms with E-state index >= 15 is 0 Å². The van der Waals surface area contributed by atoms with Crippen molar-refractivity contribution in [3.63, 3.8) is 0 Å². The van der Waals surface area contributed by atoms with Gasteiger partial charge in [-0.2, -0.15) is 0 Å². The van der Waals surface area contributed by atoms with E-state index in [1.54, 1.807) is 0 Å². The molecular formula is C92H146NO8P. The van der Waals surface area contributed by atoms with Gasteiger partial charge in [0, 0.05) is 12.8 Å². The number of nitrogens with zero attached hydrogens (tertiary/aromatic N) is 1. The van der Waals surface area contributed by atoms with Crippen molar-refractivity contribution >= 4 is 19.8 Å². The van der Waals surface area contributed by atoms with Crippen LogP contribution in [0.15, 0.2) is 231 Å². The third-order valence-electron chi connectivity index (χ3n) is 16.2. The van der Waals surface area contributed by atoms with Gasteiger partial charge in [0.1, 0.15) is 19.8 Å². The van der Waals surface area contributed by atoms with Crippen molar-refractivity contribution in [1.29, 1.82) is 0 Å². The molecule has 0 saturated heterocycles. The van der Waals surface area contributed by atoms with Crippen molar-refractivity contribution in [1.82, 2.24) is 0 Å². The van der Waals surface area contributed by atoms with Crippen molar-refractivity contribution in [3.05, 3.63) is 231 Å². The summed E-state index contributed by atoms with van der Waals surface area (Å²) in [6, 6.07) is 0. The molecule has 2 unspecified atom stereocenters. The number of phosphoric ester groups is 1. The number of esters is 2. The standard InChI is InChI=1S/C92H146NO8P/c1-6-8-10-12-14-16-18-20-22-24-26-28-30-32-34-36-38-40-42-44-45-46-47-49-51-53-55-57-59-61-63-65-67-69-71-73-75-77-79-81-83-85-92(95)101-90(89-100-102(96,97)99-87-86-93(3,4)5)88-98-91(94)84-82-80-78-76-74-72-70-68-66-64-62-60-58-56-54-52-50-48-43-41-39-37-35-33-31-29-27-25-23-21-19-17-15-13-11-9-7-2/h8-11,14-17,20-23,26-29,32-35,38-41,44-45,47-50,53-56,59-62,90H,6-7,12-13,18-19,24-25,30-31,36-37,42-43,46,51-52,57-58,63-89H2,1-5H3/b10-8-,11-9-,16-14-,17-15-,22-20-,23-21-,28-26-,29-27-,34-32-,35-33-,40-38-,41-39-,45-44-,49-47-,50-48-,55-53-,56-54-,61-59-,62-60-. The van der Waals surface area contributed by atoms with E-state index in [-0.39, 0.29) is 26.1 Å². The van der Waals surface area contributed by atoms with E-state index in [9.17, 15) is 19.0 Å². The third-order valence-corrected chi connectivity index (χ3v) is 17.1. The summed E-state index contributed by atoms with van der Waals surface area (Å²) in [6.45, 7) is 3.98. The molecule has 0 bridgehead atoms. The predicted molar refractivity (Wildman–Crippen MR) is 442 cm³/mol. The maximum absolute atomic E-state index is 12.9. The normalized spacial score (nSPS) is 14.3. The Hall–Kier alpha value is -5.93. The van der Waals surface area contributed by atoms with Gasteiger partial charge in [0.2, 0.25) is 0 Å². The molecule has 0 rings (SSSR count). The highest BCUT2D eigenvalue weighted by atomic mass is 31.2. The topological polar surface area (TPSA) is 111 Å². The van der Waals surface area contributed by atoms with Crippen LogP contribution in [0, 0.1) is 0 Å². The summed E-state index contributed by atoms with van der Waals surface area (Å²) in [7, 11) is 1.13. The first kappa shape index (κ1) is 96.1. The average Bonchev–Trinajstić information content (AvgIpc) is 0.916. The molecule has 10 heteroatoms. The van der Waals surface area contributed by atoms with Crippen molar-refractivity contribution in [3.8, 4) is 0 Å². The number of hydrogen-bond acceptors (Lipinski definition) is 8. The van der Waals surface area contributed by atoms with E-state index in [1.807, 2.05) is 21.1 Å². The zero-order valence-electron chi connectivity index (χ0n) is 65.2. The smallest absolute Gasteiger partial charge is 0.306 e. The van der Waals surface area contributed by atoms with Crippen molar-refractivity contribution in [2.75, 3.05) is 47.5 Å². The molecule has 0 radical (unpaired) electrons. The van der Waals surface area contributed by atoms with Crippen LogP contribution in [0.2, 0.25) is 0 Å². The monoisotopic (exact) mass is 1420 g/mol. The highest BCUT2D eigenvalue weighted by Crippen LogP contribution is 2.38. The lowest BCUT2D eigenvalue weighted by Crippen LogP contribution is -2.37. The minimum atomic E-state index is -4.67. The molecule has 0 fully saturated rings. The van der Waals surface area contributed by atoms with Crippen LogP contribution in [0.4, 0.5) is 0 Å². The van der Waals surface area contributed by atoms with Gasteiger partial charge in [-0.25, -0.2) is 0 Å².